The van der Waals surface area contributed by atoms with Crippen LogP contribution in [0.15, 0.2) is 66.9 Å². The van der Waals surface area contributed by atoms with Gasteiger partial charge in [0.05, 0.1) is 23.6 Å². The van der Waals surface area contributed by atoms with Crippen molar-refractivity contribution in [3.8, 4) is 5.75 Å². The number of hydrogen-bond donors (Lipinski definition) is 1. The van der Waals surface area contributed by atoms with Crippen LogP contribution in [0.1, 0.15) is 41.6 Å². The lowest BCUT2D eigenvalue weighted by atomic mass is 10.0. The summed E-state index contributed by atoms with van der Waals surface area (Å²) in [7, 11) is 0. The maximum Gasteiger partial charge on any atom is 0.417 e. The van der Waals surface area contributed by atoms with Crippen molar-refractivity contribution in [3.05, 3.63) is 94.3 Å². The zero-order valence-corrected chi connectivity index (χ0v) is 21.8. The van der Waals surface area contributed by atoms with E-state index in [-0.39, 0.29) is 36.3 Å². The minimum atomic E-state index is -4.53. The zero-order chi connectivity index (χ0) is 26.1. The fraction of sp³-hybridized carbons (Fsp3) is 0.333. The lowest BCUT2D eigenvalue weighted by Gasteiger charge is -2.26. The van der Waals surface area contributed by atoms with Gasteiger partial charge >= 0.3 is 12.1 Å². The molecule has 1 aromatic heterocycles. The highest BCUT2D eigenvalue weighted by Gasteiger charge is 2.34. The van der Waals surface area contributed by atoms with E-state index in [4.69, 9.17) is 21.4 Å². The van der Waals surface area contributed by atoms with Gasteiger partial charge < -0.3 is 9.84 Å². The lowest BCUT2D eigenvalue weighted by molar-refractivity contribution is -0.138. The normalized spacial score (nSPS) is 12.2. The molecule has 10 heteroatoms. The highest BCUT2D eigenvalue weighted by molar-refractivity contribution is 6.32. The van der Waals surface area contributed by atoms with E-state index in [1.807, 2.05) is 30.0 Å². The van der Waals surface area contributed by atoms with Crippen molar-refractivity contribution < 1.29 is 27.8 Å². The molecule has 0 aliphatic heterocycles. The predicted molar refractivity (Wildman–Crippen MR) is 140 cm³/mol. The van der Waals surface area contributed by atoms with Crippen LogP contribution in [0.3, 0.4) is 0 Å². The van der Waals surface area contributed by atoms with Gasteiger partial charge in [-0.15, -0.1) is 12.4 Å². The molecule has 3 rings (SSSR count). The topological polar surface area (TPSA) is 62.7 Å². The molecule has 1 unspecified atom stereocenters. The maximum atomic E-state index is 13.4. The summed E-state index contributed by atoms with van der Waals surface area (Å²) in [5, 5.41) is 8.68. The smallest absolute Gasteiger partial charge is 0.417 e. The molecule has 0 saturated carbocycles. The number of hydrogen-bond acceptors (Lipinski definition) is 4. The third kappa shape index (κ3) is 9.54. The summed E-state index contributed by atoms with van der Waals surface area (Å²) in [5.74, 6) is -0.300. The van der Waals surface area contributed by atoms with E-state index in [1.165, 1.54) is 6.07 Å². The van der Waals surface area contributed by atoms with Gasteiger partial charge in [0.2, 0.25) is 0 Å². The van der Waals surface area contributed by atoms with Gasteiger partial charge in [0, 0.05) is 37.4 Å². The van der Waals surface area contributed by atoms with Crippen LogP contribution in [0.5, 0.6) is 5.75 Å². The second-order valence-corrected chi connectivity index (χ2v) is 8.97. The number of alkyl halides is 3. The van der Waals surface area contributed by atoms with Crippen molar-refractivity contribution in [1.82, 2.24) is 9.88 Å². The minimum absolute atomic E-state index is 0. The van der Waals surface area contributed by atoms with Crippen molar-refractivity contribution in [2.24, 2.45) is 0 Å². The number of carboxylic acids is 1. The SMILES string of the molecule is CC(CN(CCCOc1cccc(CC(=O)O)c1)Cc1cccc(C(F)(F)F)c1Cl)c1ccccn1.Cl. The fourth-order valence-corrected chi connectivity index (χ4v) is 4.24. The number of aromatic nitrogens is 1. The van der Waals surface area contributed by atoms with Crippen molar-refractivity contribution >= 4 is 30.0 Å². The number of rotatable bonds is 12. The molecule has 3 aromatic rings. The first-order valence-corrected chi connectivity index (χ1v) is 11.9. The number of pyridine rings is 1. The van der Waals surface area contributed by atoms with Crippen LogP contribution in [0.2, 0.25) is 5.02 Å². The number of carboxylic acid groups (broad SMARTS) is 1. The summed E-state index contributed by atoms with van der Waals surface area (Å²) >= 11 is 6.16. The fourth-order valence-electron chi connectivity index (χ4n) is 3.94. The Morgan fingerprint density at radius 3 is 2.57 bits per heavy atom. The van der Waals surface area contributed by atoms with Gasteiger partial charge in [-0.2, -0.15) is 13.2 Å². The molecule has 0 bridgehead atoms. The molecule has 0 fully saturated rings. The monoisotopic (exact) mass is 556 g/mol. The molecule has 2 aromatic carbocycles. The Bertz CT molecular complexity index is 1150. The zero-order valence-electron chi connectivity index (χ0n) is 20.2. The van der Waals surface area contributed by atoms with Crippen molar-refractivity contribution in [2.75, 3.05) is 19.7 Å². The number of ether oxygens (including phenoxy) is 1. The van der Waals surface area contributed by atoms with E-state index in [0.717, 1.165) is 11.8 Å². The highest BCUT2D eigenvalue weighted by Crippen LogP contribution is 2.36. The van der Waals surface area contributed by atoms with E-state index >= 15 is 0 Å². The van der Waals surface area contributed by atoms with Crippen LogP contribution in [0.25, 0.3) is 0 Å². The second kappa shape index (κ2) is 14.2. The Morgan fingerprint density at radius 2 is 1.89 bits per heavy atom. The molecule has 37 heavy (non-hydrogen) atoms. The summed E-state index contributed by atoms with van der Waals surface area (Å²) in [6.07, 6.45) is -2.29. The van der Waals surface area contributed by atoms with Gasteiger partial charge in [0.1, 0.15) is 5.75 Å². The van der Waals surface area contributed by atoms with Gasteiger partial charge in [-0.05, 0) is 47.9 Å². The molecule has 5 nitrogen and oxygen atoms in total. The number of nitrogens with zero attached hydrogens (tertiary/aromatic N) is 2. The van der Waals surface area contributed by atoms with E-state index < -0.39 is 17.7 Å². The van der Waals surface area contributed by atoms with Crippen molar-refractivity contribution in [3.63, 3.8) is 0 Å². The Balaban J connectivity index is 0.00000481. The summed E-state index contributed by atoms with van der Waals surface area (Å²) in [6.45, 7) is 3.75. The highest BCUT2D eigenvalue weighted by atomic mass is 35.5. The quantitative estimate of drug-likeness (QED) is 0.246. The molecule has 0 saturated heterocycles. The Hall–Kier alpha value is -2.81. The van der Waals surface area contributed by atoms with E-state index in [0.29, 0.717) is 43.0 Å². The lowest BCUT2D eigenvalue weighted by Crippen LogP contribution is -2.30. The summed E-state index contributed by atoms with van der Waals surface area (Å²) in [4.78, 5) is 17.4. The number of halogens is 5. The first-order valence-electron chi connectivity index (χ1n) is 11.5. The van der Waals surface area contributed by atoms with E-state index in [1.54, 1.807) is 36.5 Å². The molecular weight excluding hydrogens is 528 g/mol. The second-order valence-electron chi connectivity index (χ2n) is 8.59. The first-order chi connectivity index (χ1) is 17.1. The third-order valence-electron chi connectivity index (χ3n) is 5.64. The molecule has 0 radical (unpaired) electrons. The van der Waals surface area contributed by atoms with Gasteiger partial charge in [-0.25, -0.2) is 0 Å². The van der Waals surface area contributed by atoms with Crippen LogP contribution in [0.4, 0.5) is 13.2 Å². The van der Waals surface area contributed by atoms with E-state index in [9.17, 15) is 18.0 Å². The summed E-state index contributed by atoms with van der Waals surface area (Å²) in [6, 6.07) is 16.5. The molecule has 0 spiro atoms. The van der Waals surface area contributed by atoms with Crippen LogP contribution in [-0.2, 0) is 23.9 Å². The Labute approximate surface area is 225 Å². The van der Waals surface area contributed by atoms with Crippen LogP contribution in [0, 0.1) is 0 Å². The molecule has 200 valence electrons. The minimum Gasteiger partial charge on any atom is -0.494 e. The number of carbonyl (C=O) groups is 1. The molecule has 0 amide bonds. The van der Waals surface area contributed by atoms with Gasteiger partial charge in [-0.3, -0.25) is 14.7 Å². The molecule has 0 aliphatic carbocycles. The molecule has 1 N–H and O–H groups in total. The van der Waals surface area contributed by atoms with Crippen LogP contribution >= 0.6 is 24.0 Å². The van der Waals surface area contributed by atoms with Crippen LogP contribution < -0.4 is 4.74 Å². The molecular formula is C27H29Cl2F3N2O3. The van der Waals surface area contributed by atoms with Gasteiger partial charge in [-0.1, -0.05) is 48.9 Å². The van der Waals surface area contributed by atoms with Crippen LogP contribution in [-0.4, -0.2) is 40.7 Å². The molecule has 1 atom stereocenters. The summed E-state index contributed by atoms with van der Waals surface area (Å²) in [5.41, 5.74) is 1.10. The van der Waals surface area contributed by atoms with Gasteiger partial charge in [0.25, 0.3) is 0 Å². The largest absolute Gasteiger partial charge is 0.494 e. The van der Waals surface area contributed by atoms with Crippen molar-refractivity contribution in [2.45, 2.75) is 38.4 Å². The van der Waals surface area contributed by atoms with Crippen molar-refractivity contribution in [1.29, 1.82) is 0 Å². The van der Waals surface area contributed by atoms with E-state index in [2.05, 4.69) is 4.98 Å². The standard InChI is InChI=1S/C27H28ClF3N2O3.ClH/c1-19(24-11-2-3-12-32-24)17-33(18-21-8-5-10-23(26(21)28)27(29,30)31)13-6-14-36-22-9-4-7-20(15-22)16-25(34)35;/h2-5,7-12,15,19H,6,13-14,16-18H2,1H3,(H,34,35);1H. The average Bonchev–Trinajstić information content (AvgIpc) is 2.82. The maximum absolute atomic E-state index is 13.4. The Morgan fingerprint density at radius 1 is 1.14 bits per heavy atom. The average molecular weight is 557 g/mol. The first kappa shape index (κ1) is 30.4. The number of benzene rings is 2. The molecule has 0 aliphatic rings. The number of aliphatic carboxylic acids is 1. The Kier molecular flexibility index (Phi) is 11.7. The third-order valence-corrected chi connectivity index (χ3v) is 6.09. The van der Waals surface area contributed by atoms with Gasteiger partial charge in [0.15, 0.2) is 0 Å². The predicted octanol–water partition coefficient (Wildman–Crippen LogP) is 6.88. The summed E-state index contributed by atoms with van der Waals surface area (Å²) < 4.78 is 45.8. The molecule has 1 heterocycles.